The molecular weight excluding hydrogens is 345 g/mol. The molecule has 112 valence electrons. The predicted molar refractivity (Wildman–Crippen MR) is 80.5 cm³/mol. The summed E-state index contributed by atoms with van der Waals surface area (Å²) in [7, 11) is -3.59. The Labute approximate surface area is 128 Å². The summed E-state index contributed by atoms with van der Waals surface area (Å²) in [6.45, 7) is 5.33. The first-order chi connectivity index (χ1) is 9.28. The second-order valence-electron chi connectivity index (χ2n) is 5.64. The van der Waals surface area contributed by atoms with Crippen molar-refractivity contribution in [2.75, 3.05) is 13.1 Å². The highest BCUT2D eigenvalue weighted by Crippen LogP contribution is 2.36. The van der Waals surface area contributed by atoms with Gasteiger partial charge in [0, 0.05) is 13.1 Å². The standard InChI is InChI=1S/C14H19BrFNO2S/c1-3-14(2)6-8-17(9-7-14)20(18,19)11-4-5-12(15)13(16)10-11/h4-5,10H,3,6-9H2,1-2H3. The van der Waals surface area contributed by atoms with Crippen LogP contribution < -0.4 is 0 Å². The average molecular weight is 364 g/mol. The van der Waals surface area contributed by atoms with Gasteiger partial charge in [0.1, 0.15) is 5.82 Å². The number of rotatable bonds is 3. The molecule has 0 saturated carbocycles. The Bertz CT molecular complexity index is 595. The van der Waals surface area contributed by atoms with Crippen LogP contribution in [0.5, 0.6) is 0 Å². The van der Waals surface area contributed by atoms with Gasteiger partial charge in [-0.1, -0.05) is 20.3 Å². The molecule has 0 N–H and O–H groups in total. The van der Waals surface area contributed by atoms with Gasteiger partial charge in [-0.2, -0.15) is 4.31 Å². The van der Waals surface area contributed by atoms with E-state index in [1.807, 2.05) is 0 Å². The highest BCUT2D eigenvalue weighted by molar-refractivity contribution is 9.10. The molecule has 1 heterocycles. The molecule has 1 aliphatic heterocycles. The van der Waals surface area contributed by atoms with Crippen LogP contribution in [0.25, 0.3) is 0 Å². The van der Waals surface area contributed by atoms with E-state index in [0.29, 0.717) is 13.1 Å². The van der Waals surface area contributed by atoms with Gasteiger partial charge >= 0.3 is 0 Å². The molecule has 0 unspecified atom stereocenters. The molecule has 1 aromatic carbocycles. The van der Waals surface area contributed by atoms with Gasteiger partial charge < -0.3 is 0 Å². The second-order valence-corrected chi connectivity index (χ2v) is 8.44. The topological polar surface area (TPSA) is 37.4 Å². The fourth-order valence-electron chi connectivity index (χ4n) is 2.41. The largest absolute Gasteiger partial charge is 0.243 e. The van der Waals surface area contributed by atoms with Crippen molar-refractivity contribution in [1.29, 1.82) is 0 Å². The van der Waals surface area contributed by atoms with Crippen LogP contribution in [0, 0.1) is 11.2 Å². The summed E-state index contributed by atoms with van der Waals surface area (Å²) in [6.07, 6.45) is 2.75. The zero-order valence-corrected chi connectivity index (χ0v) is 14.1. The maximum atomic E-state index is 13.5. The predicted octanol–water partition coefficient (Wildman–Crippen LogP) is 3.79. The number of hydrogen-bond acceptors (Lipinski definition) is 2. The molecule has 1 aliphatic rings. The SMILES string of the molecule is CCC1(C)CCN(S(=O)(=O)c2ccc(Br)c(F)c2)CC1. The first kappa shape index (κ1) is 15.9. The summed E-state index contributed by atoms with van der Waals surface area (Å²) in [5, 5.41) is 0. The third-order valence-corrected chi connectivity index (χ3v) is 6.85. The minimum atomic E-state index is -3.59. The lowest BCUT2D eigenvalue weighted by Gasteiger charge is -2.38. The molecule has 6 heteroatoms. The molecule has 1 saturated heterocycles. The van der Waals surface area contributed by atoms with Gasteiger partial charge in [-0.15, -0.1) is 0 Å². The molecule has 0 aromatic heterocycles. The lowest BCUT2D eigenvalue weighted by molar-refractivity contribution is 0.169. The van der Waals surface area contributed by atoms with E-state index in [2.05, 4.69) is 29.8 Å². The summed E-state index contributed by atoms with van der Waals surface area (Å²) >= 11 is 3.03. The number of nitrogens with zero attached hydrogens (tertiary/aromatic N) is 1. The molecule has 2 rings (SSSR count). The van der Waals surface area contributed by atoms with Crippen LogP contribution in [-0.4, -0.2) is 25.8 Å². The molecular formula is C14H19BrFNO2S. The fourth-order valence-corrected chi connectivity index (χ4v) is 4.11. The molecule has 0 radical (unpaired) electrons. The molecule has 3 nitrogen and oxygen atoms in total. The normalized spacial score (nSPS) is 20.0. The minimum Gasteiger partial charge on any atom is -0.207 e. The van der Waals surface area contributed by atoms with Crippen LogP contribution >= 0.6 is 15.9 Å². The van der Waals surface area contributed by atoms with Crippen LogP contribution in [0.1, 0.15) is 33.1 Å². The molecule has 0 bridgehead atoms. The van der Waals surface area contributed by atoms with E-state index in [0.717, 1.165) is 25.3 Å². The zero-order valence-electron chi connectivity index (χ0n) is 11.7. The minimum absolute atomic E-state index is 0.0262. The first-order valence-corrected chi connectivity index (χ1v) is 8.97. The molecule has 0 aliphatic carbocycles. The first-order valence-electron chi connectivity index (χ1n) is 6.74. The van der Waals surface area contributed by atoms with E-state index in [4.69, 9.17) is 0 Å². The Hall–Kier alpha value is -0.460. The Morgan fingerprint density at radius 3 is 2.45 bits per heavy atom. The van der Waals surface area contributed by atoms with Gasteiger partial charge in [-0.25, -0.2) is 12.8 Å². The smallest absolute Gasteiger partial charge is 0.207 e. The Morgan fingerprint density at radius 2 is 1.95 bits per heavy atom. The summed E-state index contributed by atoms with van der Waals surface area (Å²) in [4.78, 5) is 0.0262. The van der Waals surface area contributed by atoms with Crippen molar-refractivity contribution >= 4 is 26.0 Å². The summed E-state index contributed by atoms with van der Waals surface area (Å²) < 4.78 is 40.2. The lowest BCUT2D eigenvalue weighted by Crippen LogP contribution is -2.41. The number of halogens is 2. The van der Waals surface area contributed by atoms with Gasteiger partial charge in [0.25, 0.3) is 0 Å². The molecule has 0 amide bonds. The van der Waals surface area contributed by atoms with Crippen molar-refractivity contribution in [1.82, 2.24) is 4.31 Å². The molecule has 1 fully saturated rings. The molecule has 20 heavy (non-hydrogen) atoms. The van der Waals surface area contributed by atoms with Gasteiger partial charge in [0.2, 0.25) is 10.0 Å². The number of benzene rings is 1. The van der Waals surface area contributed by atoms with Crippen molar-refractivity contribution in [3.05, 3.63) is 28.5 Å². The van der Waals surface area contributed by atoms with E-state index in [-0.39, 0.29) is 14.8 Å². The van der Waals surface area contributed by atoms with Gasteiger partial charge in [-0.05, 0) is 52.4 Å². The Kier molecular flexibility index (Phi) is 4.56. The van der Waals surface area contributed by atoms with Crippen molar-refractivity contribution in [3.8, 4) is 0 Å². The van der Waals surface area contributed by atoms with Crippen molar-refractivity contribution in [2.24, 2.45) is 5.41 Å². The van der Waals surface area contributed by atoms with Crippen molar-refractivity contribution < 1.29 is 12.8 Å². The summed E-state index contributed by atoms with van der Waals surface area (Å²) in [5.74, 6) is -0.554. The van der Waals surface area contributed by atoms with Crippen LogP contribution in [0.15, 0.2) is 27.6 Å². The number of sulfonamides is 1. The highest BCUT2D eigenvalue weighted by atomic mass is 79.9. The van der Waals surface area contributed by atoms with E-state index in [1.165, 1.54) is 16.4 Å². The maximum absolute atomic E-state index is 13.5. The van der Waals surface area contributed by atoms with E-state index < -0.39 is 15.8 Å². The van der Waals surface area contributed by atoms with Gasteiger partial charge in [0.05, 0.1) is 9.37 Å². The van der Waals surface area contributed by atoms with E-state index in [9.17, 15) is 12.8 Å². The Balaban J connectivity index is 2.22. The zero-order chi connectivity index (χ0) is 15.0. The lowest BCUT2D eigenvalue weighted by atomic mass is 9.79. The van der Waals surface area contributed by atoms with Crippen LogP contribution in [0.4, 0.5) is 4.39 Å². The molecule has 0 spiro atoms. The Morgan fingerprint density at radius 1 is 1.35 bits per heavy atom. The summed E-state index contributed by atoms with van der Waals surface area (Å²) in [6, 6.07) is 3.95. The van der Waals surface area contributed by atoms with Crippen molar-refractivity contribution in [2.45, 2.75) is 38.0 Å². The third kappa shape index (κ3) is 3.07. The van der Waals surface area contributed by atoms with E-state index >= 15 is 0 Å². The van der Waals surface area contributed by atoms with Gasteiger partial charge in [0.15, 0.2) is 0 Å². The molecule has 0 atom stereocenters. The highest BCUT2D eigenvalue weighted by Gasteiger charge is 2.34. The third-order valence-electron chi connectivity index (χ3n) is 4.31. The van der Waals surface area contributed by atoms with Crippen molar-refractivity contribution in [3.63, 3.8) is 0 Å². The number of piperidine rings is 1. The van der Waals surface area contributed by atoms with Crippen LogP contribution in [-0.2, 0) is 10.0 Å². The maximum Gasteiger partial charge on any atom is 0.243 e. The van der Waals surface area contributed by atoms with Crippen LogP contribution in [0.3, 0.4) is 0 Å². The monoisotopic (exact) mass is 363 g/mol. The average Bonchev–Trinajstić information content (AvgIpc) is 2.42. The van der Waals surface area contributed by atoms with E-state index in [1.54, 1.807) is 0 Å². The van der Waals surface area contributed by atoms with Crippen LogP contribution in [0.2, 0.25) is 0 Å². The molecule has 1 aromatic rings. The summed E-state index contributed by atoms with van der Waals surface area (Å²) in [5.41, 5.74) is 0.219. The quantitative estimate of drug-likeness (QED) is 0.819. The second kappa shape index (κ2) is 5.73. The number of hydrogen-bond donors (Lipinski definition) is 0. The van der Waals surface area contributed by atoms with Gasteiger partial charge in [-0.3, -0.25) is 0 Å². The fraction of sp³-hybridized carbons (Fsp3) is 0.571.